The number of hydrogen-bond acceptors (Lipinski definition) is 12. The van der Waals surface area contributed by atoms with E-state index in [9.17, 15) is 24.7 Å². The Morgan fingerprint density at radius 1 is 1.45 bits per heavy atom. The molecule has 162 valence electrons. The van der Waals surface area contributed by atoms with Gasteiger partial charge in [0.05, 0.1) is 6.04 Å². The fraction of sp³-hybridized carbons (Fsp3) is 0.267. The summed E-state index contributed by atoms with van der Waals surface area (Å²) in [5.74, 6) is -2.73. The van der Waals surface area contributed by atoms with Crippen molar-refractivity contribution in [1.82, 2.24) is 25.4 Å². The van der Waals surface area contributed by atoms with Gasteiger partial charge in [-0.25, -0.2) is 9.78 Å². The average molecular weight is 502 g/mol. The van der Waals surface area contributed by atoms with E-state index in [0.29, 0.717) is 22.1 Å². The number of anilines is 1. The Morgan fingerprint density at radius 2 is 2.23 bits per heavy atom. The third-order valence-electron chi connectivity index (χ3n) is 4.57. The van der Waals surface area contributed by atoms with Crippen molar-refractivity contribution < 1.29 is 24.7 Å². The van der Waals surface area contributed by atoms with Gasteiger partial charge in [-0.3, -0.25) is 14.5 Å². The summed E-state index contributed by atoms with van der Waals surface area (Å²) >= 11 is 9.27. The van der Waals surface area contributed by atoms with Gasteiger partial charge in [0.1, 0.15) is 27.3 Å². The molecule has 0 radical (unpaired) electrons. The monoisotopic (exact) mass is 501 g/mol. The number of carbonyl (C=O) groups excluding carboxylic acids is 2. The van der Waals surface area contributed by atoms with Gasteiger partial charge in [0.25, 0.3) is 11.8 Å². The Morgan fingerprint density at radius 3 is 2.81 bits per heavy atom. The molecule has 31 heavy (non-hydrogen) atoms. The lowest BCUT2D eigenvalue weighted by molar-refractivity contribution is -0.155. The summed E-state index contributed by atoms with van der Waals surface area (Å²) in [7, 11) is 0. The Bertz CT molecular complexity index is 1130. The molecule has 12 nitrogen and oxygen atoms in total. The Labute approximate surface area is 190 Å². The zero-order valence-electron chi connectivity index (χ0n) is 15.2. The average Bonchev–Trinajstić information content (AvgIpc) is 3.35. The van der Waals surface area contributed by atoms with Crippen LogP contribution in [0.1, 0.15) is 18.5 Å². The largest absolute Gasteiger partial charge is 0.477 e. The lowest BCUT2D eigenvalue weighted by Gasteiger charge is -2.49. The number of fused-ring (bicyclic) bond motifs is 1. The van der Waals surface area contributed by atoms with Crippen molar-refractivity contribution >= 4 is 74.7 Å². The molecule has 4 heterocycles. The number of nitrogen functional groups attached to an aromatic ring is 1. The molecule has 2 aliphatic rings. The van der Waals surface area contributed by atoms with E-state index >= 15 is 0 Å². The van der Waals surface area contributed by atoms with Crippen LogP contribution in [0.2, 0.25) is 4.34 Å². The molecule has 2 atom stereocenters. The summed E-state index contributed by atoms with van der Waals surface area (Å²) in [4.78, 5) is 42.7. The number of carboxylic acids is 1. The lowest BCUT2D eigenvalue weighted by atomic mass is 9.86. The van der Waals surface area contributed by atoms with Crippen molar-refractivity contribution in [2.45, 2.75) is 29.3 Å². The minimum atomic E-state index is -1.25. The molecule has 0 aromatic carbocycles. The third-order valence-corrected chi connectivity index (χ3v) is 7.58. The van der Waals surface area contributed by atoms with Gasteiger partial charge >= 0.3 is 5.97 Å². The lowest BCUT2D eigenvalue weighted by Crippen LogP contribution is -2.72. The van der Waals surface area contributed by atoms with Crippen molar-refractivity contribution in [2.24, 2.45) is 5.16 Å². The number of oxime groups is 1. The molecule has 0 spiro atoms. The van der Waals surface area contributed by atoms with Gasteiger partial charge in [0.2, 0.25) is 0 Å². The molecule has 5 N–H and O–H groups in total. The van der Waals surface area contributed by atoms with Crippen LogP contribution in [0.3, 0.4) is 0 Å². The van der Waals surface area contributed by atoms with Gasteiger partial charge in [0.15, 0.2) is 15.2 Å². The van der Waals surface area contributed by atoms with Gasteiger partial charge in [-0.2, -0.15) is 0 Å². The number of nitrogens with one attached hydrogen (secondary N) is 1. The van der Waals surface area contributed by atoms with E-state index in [-0.39, 0.29) is 20.9 Å². The highest BCUT2D eigenvalue weighted by atomic mass is 35.5. The predicted octanol–water partition coefficient (Wildman–Crippen LogP) is 0.986. The molecule has 2 aromatic heterocycles. The SMILES string of the molecule is Nc1nc(/C(=N/O)C(=O)N[C@@H]2C(=O)N3C(C(=O)O)=C(Sc4nncs4)CCC23)c(Cl)s1. The third kappa shape index (κ3) is 3.84. The quantitative estimate of drug-likeness (QED) is 0.192. The molecule has 2 amide bonds. The fourth-order valence-electron chi connectivity index (χ4n) is 3.31. The molecule has 0 saturated carbocycles. The molecule has 2 aliphatic heterocycles. The highest BCUT2D eigenvalue weighted by Gasteiger charge is 2.54. The number of halogens is 1. The van der Waals surface area contributed by atoms with Crippen LogP contribution in [0.15, 0.2) is 25.6 Å². The van der Waals surface area contributed by atoms with E-state index < -0.39 is 35.6 Å². The van der Waals surface area contributed by atoms with Crippen LogP contribution in [0.5, 0.6) is 0 Å². The summed E-state index contributed by atoms with van der Waals surface area (Å²) in [6.45, 7) is 0. The van der Waals surface area contributed by atoms with Gasteiger partial charge < -0.3 is 21.4 Å². The molecule has 0 bridgehead atoms. The number of aromatic nitrogens is 3. The molecular formula is C15H12ClN7O5S3. The molecule has 1 unspecified atom stereocenters. The molecule has 4 rings (SSSR count). The van der Waals surface area contributed by atoms with Gasteiger partial charge in [-0.15, -0.1) is 10.2 Å². The molecule has 1 fully saturated rings. The number of allylic oxidation sites excluding steroid dienone is 1. The minimum Gasteiger partial charge on any atom is -0.477 e. The fourth-order valence-corrected chi connectivity index (χ4v) is 5.95. The van der Waals surface area contributed by atoms with Crippen LogP contribution in [-0.2, 0) is 14.4 Å². The zero-order valence-corrected chi connectivity index (χ0v) is 18.4. The van der Waals surface area contributed by atoms with Crippen LogP contribution in [-0.4, -0.2) is 66.0 Å². The maximum atomic E-state index is 12.7. The number of carbonyl (C=O) groups is 3. The second-order valence-electron chi connectivity index (χ2n) is 6.27. The van der Waals surface area contributed by atoms with Crippen molar-refractivity contribution in [1.29, 1.82) is 0 Å². The first-order valence-electron chi connectivity index (χ1n) is 8.50. The smallest absolute Gasteiger partial charge is 0.353 e. The molecule has 2 aromatic rings. The van der Waals surface area contributed by atoms with E-state index in [1.54, 1.807) is 0 Å². The van der Waals surface area contributed by atoms with Crippen LogP contribution in [0.25, 0.3) is 0 Å². The first-order chi connectivity index (χ1) is 14.8. The van der Waals surface area contributed by atoms with Gasteiger partial charge in [0, 0.05) is 4.91 Å². The minimum absolute atomic E-state index is 0.0501. The van der Waals surface area contributed by atoms with Crippen LogP contribution < -0.4 is 11.1 Å². The highest BCUT2D eigenvalue weighted by Crippen LogP contribution is 2.43. The van der Waals surface area contributed by atoms with E-state index in [4.69, 9.17) is 17.3 Å². The van der Waals surface area contributed by atoms with E-state index in [2.05, 4.69) is 25.7 Å². The van der Waals surface area contributed by atoms with Crippen LogP contribution in [0, 0.1) is 0 Å². The number of aliphatic carboxylic acids is 1. The number of thiazole rings is 1. The molecular weight excluding hydrogens is 490 g/mol. The Hall–Kier alpha value is -2.75. The van der Waals surface area contributed by atoms with Gasteiger partial charge in [-0.05, 0) is 12.8 Å². The summed E-state index contributed by atoms with van der Waals surface area (Å²) < 4.78 is 0.613. The molecule has 0 aliphatic carbocycles. The molecule has 1 saturated heterocycles. The van der Waals surface area contributed by atoms with E-state index in [0.717, 1.165) is 28.0 Å². The van der Waals surface area contributed by atoms with Crippen LogP contribution >= 0.6 is 46.0 Å². The summed E-state index contributed by atoms with van der Waals surface area (Å²) in [5.41, 5.74) is 6.32. The first-order valence-corrected chi connectivity index (χ1v) is 11.4. The van der Waals surface area contributed by atoms with Crippen molar-refractivity contribution in [3.05, 3.63) is 26.1 Å². The second-order valence-corrected chi connectivity index (χ2v) is 10.1. The zero-order chi connectivity index (χ0) is 22.3. The number of carboxylic acid groups (broad SMARTS) is 1. The second kappa shape index (κ2) is 8.41. The Balaban J connectivity index is 1.53. The van der Waals surface area contributed by atoms with E-state index in [1.807, 2.05) is 0 Å². The Kier molecular flexibility index (Phi) is 5.83. The number of hydrogen-bond donors (Lipinski definition) is 4. The number of nitrogens with two attached hydrogens (primary N) is 1. The molecule has 16 heteroatoms. The standard InChI is InChI=1S/C15H12ClN7O5S3/c16-10-7(20-14(17)31-10)8(22-28)11(24)19-6-4-1-2-5(30-15-21-18-3-29-15)9(13(26)27)23(4)12(6)25/h3-4,6,28H,1-2H2,(H2,17,20)(H,19,24)(H,26,27)/b22-8-/t4?,6-/m0/s1. The summed E-state index contributed by atoms with van der Waals surface area (Å²) in [5, 5.41) is 32.0. The summed E-state index contributed by atoms with van der Waals surface area (Å²) in [6, 6.07) is -1.54. The van der Waals surface area contributed by atoms with E-state index in [1.165, 1.54) is 16.8 Å². The maximum Gasteiger partial charge on any atom is 0.353 e. The van der Waals surface area contributed by atoms with Crippen LogP contribution in [0.4, 0.5) is 5.13 Å². The number of thioether (sulfide) groups is 1. The topological polar surface area (TPSA) is 184 Å². The van der Waals surface area contributed by atoms with Crippen molar-refractivity contribution in [3.63, 3.8) is 0 Å². The first kappa shape index (κ1) is 21.5. The normalized spacial score (nSPS) is 21.0. The van der Waals surface area contributed by atoms with Crippen molar-refractivity contribution in [3.8, 4) is 0 Å². The van der Waals surface area contributed by atoms with Crippen molar-refractivity contribution in [2.75, 3.05) is 5.73 Å². The summed E-state index contributed by atoms with van der Waals surface area (Å²) in [6.07, 6.45) is 0.798. The number of amides is 2. The number of β-lactam (4-membered cyclic amide) rings is 1. The van der Waals surface area contributed by atoms with Gasteiger partial charge in [-0.1, -0.05) is 51.2 Å². The number of nitrogens with zero attached hydrogens (tertiary/aromatic N) is 5. The maximum absolute atomic E-state index is 12.7. The highest BCUT2D eigenvalue weighted by molar-refractivity contribution is 8.04. The number of rotatable bonds is 6. The predicted molar refractivity (Wildman–Crippen MR) is 112 cm³/mol.